The number of rotatable bonds is 6. The molecule has 1 atom stereocenters. The Kier molecular flexibility index (Phi) is 6.24. The number of hydrogen-bond acceptors (Lipinski definition) is 4. The van der Waals surface area contributed by atoms with Gasteiger partial charge in [-0.2, -0.15) is 4.31 Å². The SMILES string of the molecule is CCN(CC)S(=O)(=O)c1cccc(C(=O)N[C@H]2CCSc3ccccc32)c1. The fraction of sp³-hybridized carbons (Fsp3) is 0.350. The first kappa shape index (κ1) is 19.9. The minimum Gasteiger partial charge on any atom is -0.345 e. The molecule has 0 bridgehead atoms. The Balaban J connectivity index is 1.83. The standard InChI is InChI=1S/C20H24N2O3S2/c1-3-22(4-2)27(24,25)16-9-7-8-15(14-16)20(23)21-18-12-13-26-19-11-6-5-10-17(18)19/h5-11,14,18H,3-4,12-13H2,1-2H3,(H,21,23)/t18-/m0/s1. The molecule has 2 aromatic carbocycles. The van der Waals surface area contributed by atoms with Crippen LogP contribution in [-0.2, 0) is 10.0 Å². The summed E-state index contributed by atoms with van der Waals surface area (Å²) in [5, 5.41) is 3.07. The topological polar surface area (TPSA) is 66.5 Å². The second-order valence-corrected chi connectivity index (χ2v) is 9.39. The number of nitrogens with zero attached hydrogens (tertiary/aromatic N) is 1. The van der Waals surface area contributed by atoms with Crippen LogP contribution in [0.4, 0.5) is 0 Å². The van der Waals surface area contributed by atoms with E-state index in [0.717, 1.165) is 17.7 Å². The summed E-state index contributed by atoms with van der Waals surface area (Å²) in [5.41, 5.74) is 1.48. The molecular formula is C20H24N2O3S2. The summed E-state index contributed by atoms with van der Waals surface area (Å²) in [6, 6.07) is 14.3. The summed E-state index contributed by atoms with van der Waals surface area (Å²) in [4.78, 5) is 14.1. The monoisotopic (exact) mass is 404 g/mol. The Morgan fingerprint density at radius 2 is 1.89 bits per heavy atom. The maximum absolute atomic E-state index is 12.8. The minimum atomic E-state index is -3.59. The second-order valence-electron chi connectivity index (χ2n) is 6.32. The number of carbonyl (C=O) groups excluding carboxylic acids is 1. The number of fused-ring (bicyclic) bond motifs is 1. The van der Waals surface area contributed by atoms with Crippen molar-refractivity contribution in [1.29, 1.82) is 0 Å². The molecule has 3 rings (SSSR count). The zero-order chi connectivity index (χ0) is 19.4. The third-order valence-corrected chi connectivity index (χ3v) is 7.87. The molecule has 1 N–H and O–H groups in total. The van der Waals surface area contributed by atoms with Gasteiger partial charge in [-0.05, 0) is 36.2 Å². The van der Waals surface area contributed by atoms with E-state index in [0.29, 0.717) is 18.7 Å². The number of sulfonamides is 1. The predicted octanol–water partition coefficient (Wildman–Crippen LogP) is 3.68. The first-order valence-corrected chi connectivity index (χ1v) is 11.5. The van der Waals surface area contributed by atoms with Crippen LogP contribution in [0.25, 0.3) is 0 Å². The zero-order valence-corrected chi connectivity index (χ0v) is 17.1. The summed E-state index contributed by atoms with van der Waals surface area (Å²) < 4.78 is 26.8. The highest BCUT2D eigenvalue weighted by molar-refractivity contribution is 7.99. The van der Waals surface area contributed by atoms with Crippen LogP contribution in [0.3, 0.4) is 0 Å². The maximum atomic E-state index is 12.8. The van der Waals surface area contributed by atoms with Crippen LogP contribution in [0, 0.1) is 0 Å². The third kappa shape index (κ3) is 4.20. The molecule has 0 unspecified atom stereocenters. The van der Waals surface area contributed by atoms with Crippen molar-refractivity contribution >= 4 is 27.7 Å². The highest BCUT2D eigenvalue weighted by Crippen LogP contribution is 2.36. The summed E-state index contributed by atoms with van der Waals surface area (Å²) >= 11 is 1.79. The Labute approximate surface area is 165 Å². The van der Waals surface area contributed by atoms with Crippen molar-refractivity contribution in [3.8, 4) is 0 Å². The van der Waals surface area contributed by atoms with E-state index in [9.17, 15) is 13.2 Å². The van der Waals surface area contributed by atoms with E-state index in [1.807, 2.05) is 18.2 Å². The quantitative estimate of drug-likeness (QED) is 0.797. The number of hydrogen-bond donors (Lipinski definition) is 1. The third-order valence-electron chi connectivity index (χ3n) is 4.70. The van der Waals surface area contributed by atoms with E-state index in [1.54, 1.807) is 37.7 Å². The van der Waals surface area contributed by atoms with E-state index in [2.05, 4.69) is 11.4 Å². The number of amides is 1. The zero-order valence-electron chi connectivity index (χ0n) is 15.5. The van der Waals surface area contributed by atoms with Crippen molar-refractivity contribution in [3.63, 3.8) is 0 Å². The molecule has 1 amide bonds. The fourth-order valence-electron chi connectivity index (χ4n) is 3.24. The Hall–Kier alpha value is -1.83. The lowest BCUT2D eigenvalue weighted by Crippen LogP contribution is -2.32. The highest BCUT2D eigenvalue weighted by Gasteiger charge is 2.25. The van der Waals surface area contributed by atoms with E-state index < -0.39 is 10.0 Å². The lowest BCUT2D eigenvalue weighted by Gasteiger charge is -2.26. The predicted molar refractivity (Wildman–Crippen MR) is 109 cm³/mol. The summed E-state index contributed by atoms with van der Waals surface area (Å²) in [7, 11) is -3.59. The Morgan fingerprint density at radius 1 is 1.15 bits per heavy atom. The Morgan fingerprint density at radius 3 is 2.63 bits per heavy atom. The van der Waals surface area contributed by atoms with Crippen LogP contribution < -0.4 is 5.32 Å². The van der Waals surface area contributed by atoms with E-state index in [-0.39, 0.29) is 16.8 Å². The number of nitrogens with one attached hydrogen (secondary N) is 1. The maximum Gasteiger partial charge on any atom is 0.251 e. The molecule has 1 aliphatic rings. The van der Waals surface area contributed by atoms with Crippen LogP contribution in [0.2, 0.25) is 0 Å². The largest absolute Gasteiger partial charge is 0.345 e. The van der Waals surface area contributed by atoms with Gasteiger partial charge >= 0.3 is 0 Å². The normalized spacial score (nSPS) is 16.8. The van der Waals surface area contributed by atoms with Gasteiger partial charge < -0.3 is 5.32 Å². The van der Waals surface area contributed by atoms with E-state index in [4.69, 9.17) is 0 Å². The molecule has 5 nitrogen and oxygen atoms in total. The summed E-state index contributed by atoms with van der Waals surface area (Å²) in [6.45, 7) is 4.39. The van der Waals surface area contributed by atoms with Crippen LogP contribution in [0.1, 0.15) is 42.2 Å². The van der Waals surface area contributed by atoms with Gasteiger partial charge in [0, 0.05) is 29.3 Å². The van der Waals surface area contributed by atoms with Gasteiger partial charge in [0.2, 0.25) is 10.0 Å². The van der Waals surface area contributed by atoms with Gasteiger partial charge in [0.05, 0.1) is 10.9 Å². The number of thioether (sulfide) groups is 1. The molecule has 0 aromatic heterocycles. The highest BCUT2D eigenvalue weighted by atomic mass is 32.2. The first-order valence-electron chi connectivity index (χ1n) is 9.10. The second kappa shape index (κ2) is 8.46. The lowest BCUT2D eigenvalue weighted by molar-refractivity contribution is 0.0934. The van der Waals surface area contributed by atoms with Crippen molar-refractivity contribution in [2.75, 3.05) is 18.8 Å². The molecule has 0 fully saturated rings. The van der Waals surface area contributed by atoms with Crippen LogP contribution >= 0.6 is 11.8 Å². The molecule has 0 radical (unpaired) electrons. The average Bonchev–Trinajstić information content (AvgIpc) is 2.69. The summed E-state index contributed by atoms with van der Waals surface area (Å²) in [5.74, 6) is 0.691. The molecule has 0 aliphatic carbocycles. The van der Waals surface area contributed by atoms with Gasteiger partial charge in [-0.3, -0.25) is 4.79 Å². The van der Waals surface area contributed by atoms with Crippen molar-refractivity contribution < 1.29 is 13.2 Å². The molecule has 1 heterocycles. The molecular weight excluding hydrogens is 380 g/mol. The van der Waals surface area contributed by atoms with Gasteiger partial charge in [-0.1, -0.05) is 38.1 Å². The molecule has 1 aliphatic heterocycles. The van der Waals surface area contributed by atoms with E-state index >= 15 is 0 Å². The fourth-order valence-corrected chi connectivity index (χ4v) is 5.87. The van der Waals surface area contributed by atoms with Crippen LogP contribution in [-0.4, -0.2) is 37.5 Å². The first-order chi connectivity index (χ1) is 13.0. The molecule has 0 spiro atoms. The van der Waals surface area contributed by atoms with Crippen LogP contribution in [0.5, 0.6) is 0 Å². The smallest absolute Gasteiger partial charge is 0.251 e. The Bertz CT molecular complexity index is 924. The van der Waals surface area contributed by atoms with Crippen molar-refractivity contribution in [2.45, 2.75) is 36.1 Å². The summed E-state index contributed by atoms with van der Waals surface area (Å²) in [6.07, 6.45) is 0.852. The van der Waals surface area contributed by atoms with Crippen molar-refractivity contribution in [3.05, 3.63) is 59.7 Å². The molecule has 27 heavy (non-hydrogen) atoms. The molecule has 0 saturated heterocycles. The lowest BCUT2D eigenvalue weighted by atomic mass is 10.0. The van der Waals surface area contributed by atoms with Crippen molar-refractivity contribution in [2.24, 2.45) is 0 Å². The molecule has 144 valence electrons. The van der Waals surface area contributed by atoms with Crippen LogP contribution in [0.15, 0.2) is 58.3 Å². The van der Waals surface area contributed by atoms with Crippen molar-refractivity contribution in [1.82, 2.24) is 9.62 Å². The average molecular weight is 405 g/mol. The molecule has 2 aromatic rings. The molecule has 7 heteroatoms. The van der Waals surface area contributed by atoms with Gasteiger partial charge in [-0.25, -0.2) is 8.42 Å². The van der Waals surface area contributed by atoms with Gasteiger partial charge in [0.1, 0.15) is 0 Å². The minimum absolute atomic E-state index is 0.0574. The van der Waals surface area contributed by atoms with Gasteiger partial charge in [0.25, 0.3) is 5.91 Å². The number of benzene rings is 2. The van der Waals surface area contributed by atoms with E-state index in [1.165, 1.54) is 21.3 Å². The molecule has 0 saturated carbocycles. The van der Waals surface area contributed by atoms with Gasteiger partial charge in [-0.15, -0.1) is 11.8 Å². The van der Waals surface area contributed by atoms with Gasteiger partial charge in [0.15, 0.2) is 0 Å². The number of carbonyl (C=O) groups is 1.